The molecule has 2 rings (SSSR count). The topological polar surface area (TPSA) is 38.5 Å². The van der Waals surface area contributed by atoms with Gasteiger partial charge >= 0.3 is 0 Å². The van der Waals surface area contributed by atoms with Gasteiger partial charge in [-0.3, -0.25) is 4.90 Å². The molecular formula is C14H22N2OS. The van der Waals surface area contributed by atoms with Gasteiger partial charge in [0.1, 0.15) is 0 Å². The highest BCUT2D eigenvalue weighted by Gasteiger charge is 2.14. The molecule has 1 aromatic rings. The van der Waals surface area contributed by atoms with Gasteiger partial charge in [-0.05, 0) is 30.5 Å². The van der Waals surface area contributed by atoms with Gasteiger partial charge in [-0.2, -0.15) is 0 Å². The molecule has 100 valence electrons. The minimum absolute atomic E-state index is 0.656. The van der Waals surface area contributed by atoms with Gasteiger partial charge in [0.15, 0.2) is 0 Å². The van der Waals surface area contributed by atoms with E-state index in [0.29, 0.717) is 6.54 Å². The molecule has 0 amide bonds. The van der Waals surface area contributed by atoms with Crippen LogP contribution in [0.5, 0.6) is 0 Å². The molecular weight excluding hydrogens is 244 g/mol. The fourth-order valence-electron chi connectivity index (χ4n) is 2.30. The van der Waals surface area contributed by atoms with E-state index in [4.69, 9.17) is 10.5 Å². The second-order valence-electron chi connectivity index (χ2n) is 4.78. The standard InChI is InChI=1S/C14H22N2OS/c1-11-13(7-14(8-15)18-11)9-16-5-3-12(4-6-16)10-17-2/h3,7H,4-6,8-10,15H2,1-2H3. The number of nitrogens with zero attached hydrogens (tertiary/aromatic N) is 1. The van der Waals surface area contributed by atoms with Crippen LogP contribution >= 0.6 is 11.3 Å². The van der Waals surface area contributed by atoms with Crippen molar-refractivity contribution in [2.45, 2.75) is 26.4 Å². The number of ether oxygens (including phenoxy) is 1. The van der Waals surface area contributed by atoms with E-state index in [9.17, 15) is 0 Å². The van der Waals surface area contributed by atoms with Gasteiger partial charge in [0.25, 0.3) is 0 Å². The van der Waals surface area contributed by atoms with Crippen molar-refractivity contribution in [3.8, 4) is 0 Å². The maximum atomic E-state index is 5.69. The average molecular weight is 266 g/mol. The number of rotatable bonds is 5. The molecule has 0 aliphatic carbocycles. The van der Waals surface area contributed by atoms with Crippen molar-refractivity contribution in [3.05, 3.63) is 33.0 Å². The summed E-state index contributed by atoms with van der Waals surface area (Å²) in [5.74, 6) is 0. The van der Waals surface area contributed by atoms with Gasteiger partial charge in [0, 0.05) is 43.0 Å². The van der Waals surface area contributed by atoms with Gasteiger partial charge in [0.2, 0.25) is 0 Å². The van der Waals surface area contributed by atoms with E-state index in [2.05, 4.69) is 24.0 Å². The van der Waals surface area contributed by atoms with Gasteiger partial charge < -0.3 is 10.5 Å². The number of methoxy groups -OCH3 is 1. The normalized spacial score (nSPS) is 16.9. The van der Waals surface area contributed by atoms with E-state index in [-0.39, 0.29) is 0 Å². The highest BCUT2D eigenvalue weighted by Crippen LogP contribution is 2.23. The molecule has 0 atom stereocenters. The molecule has 1 aliphatic rings. The maximum Gasteiger partial charge on any atom is 0.0673 e. The van der Waals surface area contributed by atoms with Crippen LogP contribution in [0.2, 0.25) is 0 Å². The van der Waals surface area contributed by atoms with Crippen molar-refractivity contribution < 1.29 is 4.74 Å². The predicted octanol–water partition coefficient (Wildman–Crippen LogP) is 2.29. The third-order valence-corrected chi connectivity index (χ3v) is 4.50. The highest BCUT2D eigenvalue weighted by atomic mass is 32.1. The fourth-order valence-corrected chi connectivity index (χ4v) is 3.23. The molecule has 0 spiro atoms. The zero-order chi connectivity index (χ0) is 13.0. The summed E-state index contributed by atoms with van der Waals surface area (Å²) in [4.78, 5) is 5.17. The molecule has 1 aromatic heterocycles. The first-order chi connectivity index (χ1) is 8.72. The van der Waals surface area contributed by atoms with Crippen molar-refractivity contribution in [3.63, 3.8) is 0 Å². The number of hydrogen-bond donors (Lipinski definition) is 1. The van der Waals surface area contributed by atoms with E-state index in [1.807, 2.05) is 11.3 Å². The monoisotopic (exact) mass is 266 g/mol. The molecule has 0 bridgehead atoms. The lowest BCUT2D eigenvalue weighted by molar-refractivity contribution is 0.210. The van der Waals surface area contributed by atoms with Crippen LogP contribution in [0.4, 0.5) is 0 Å². The van der Waals surface area contributed by atoms with Crippen molar-refractivity contribution in [1.82, 2.24) is 4.90 Å². The van der Waals surface area contributed by atoms with E-state index >= 15 is 0 Å². The van der Waals surface area contributed by atoms with Gasteiger partial charge in [-0.15, -0.1) is 11.3 Å². The van der Waals surface area contributed by atoms with Crippen LogP contribution in [0.25, 0.3) is 0 Å². The van der Waals surface area contributed by atoms with Crippen LogP contribution < -0.4 is 5.73 Å². The molecule has 4 heteroatoms. The molecule has 0 aromatic carbocycles. The molecule has 0 fully saturated rings. The number of thiophene rings is 1. The predicted molar refractivity (Wildman–Crippen MR) is 76.8 cm³/mol. The maximum absolute atomic E-state index is 5.69. The number of aryl methyl sites for hydroxylation is 1. The first kappa shape index (κ1) is 13.7. The average Bonchev–Trinajstić information content (AvgIpc) is 2.73. The van der Waals surface area contributed by atoms with E-state index in [0.717, 1.165) is 32.7 Å². The van der Waals surface area contributed by atoms with Gasteiger partial charge in [0.05, 0.1) is 6.61 Å². The minimum Gasteiger partial charge on any atom is -0.380 e. The minimum atomic E-state index is 0.656. The molecule has 0 saturated heterocycles. The Bertz CT molecular complexity index is 425. The number of hydrogen-bond acceptors (Lipinski definition) is 4. The van der Waals surface area contributed by atoms with Crippen molar-refractivity contribution in [2.75, 3.05) is 26.8 Å². The molecule has 2 N–H and O–H groups in total. The second-order valence-corrected chi connectivity index (χ2v) is 6.12. The summed E-state index contributed by atoms with van der Waals surface area (Å²) in [6.07, 6.45) is 3.43. The zero-order valence-electron chi connectivity index (χ0n) is 11.2. The fraction of sp³-hybridized carbons (Fsp3) is 0.571. The lowest BCUT2D eigenvalue weighted by Crippen LogP contribution is -2.29. The molecule has 3 nitrogen and oxygen atoms in total. The van der Waals surface area contributed by atoms with E-state index in [1.54, 1.807) is 7.11 Å². The zero-order valence-corrected chi connectivity index (χ0v) is 12.1. The molecule has 0 unspecified atom stereocenters. The molecule has 18 heavy (non-hydrogen) atoms. The van der Waals surface area contributed by atoms with Crippen molar-refractivity contribution in [2.24, 2.45) is 5.73 Å². The summed E-state index contributed by atoms with van der Waals surface area (Å²) in [5, 5.41) is 0. The van der Waals surface area contributed by atoms with E-state index < -0.39 is 0 Å². The summed E-state index contributed by atoms with van der Waals surface area (Å²) < 4.78 is 5.17. The molecule has 0 saturated carbocycles. The van der Waals surface area contributed by atoms with Crippen LogP contribution in [-0.4, -0.2) is 31.7 Å². The summed E-state index contributed by atoms with van der Waals surface area (Å²) in [5.41, 5.74) is 8.55. The summed E-state index contributed by atoms with van der Waals surface area (Å²) in [7, 11) is 1.76. The Morgan fingerprint density at radius 2 is 2.33 bits per heavy atom. The lowest BCUT2D eigenvalue weighted by Gasteiger charge is -2.26. The molecule has 2 heterocycles. The van der Waals surface area contributed by atoms with Crippen molar-refractivity contribution >= 4 is 11.3 Å². The van der Waals surface area contributed by atoms with Gasteiger partial charge in [-0.1, -0.05) is 6.08 Å². The quantitative estimate of drug-likeness (QED) is 0.831. The second kappa shape index (κ2) is 6.48. The summed E-state index contributed by atoms with van der Waals surface area (Å²) in [6, 6.07) is 2.26. The Labute approximate surface area is 113 Å². The van der Waals surface area contributed by atoms with Crippen LogP contribution in [0, 0.1) is 6.92 Å². The van der Waals surface area contributed by atoms with Gasteiger partial charge in [-0.25, -0.2) is 0 Å². The van der Waals surface area contributed by atoms with Crippen LogP contribution in [0.3, 0.4) is 0 Å². The first-order valence-corrected chi connectivity index (χ1v) is 7.22. The Morgan fingerprint density at radius 1 is 1.50 bits per heavy atom. The van der Waals surface area contributed by atoms with E-state index in [1.165, 1.54) is 20.9 Å². The molecule has 1 aliphatic heterocycles. The smallest absolute Gasteiger partial charge is 0.0673 e. The SMILES string of the molecule is COCC1=CCN(Cc2cc(CN)sc2C)CC1. The Hall–Kier alpha value is -0.680. The largest absolute Gasteiger partial charge is 0.380 e. The van der Waals surface area contributed by atoms with Crippen molar-refractivity contribution in [1.29, 1.82) is 0 Å². The van der Waals surface area contributed by atoms with Crippen LogP contribution in [0.1, 0.15) is 21.7 Å². The Morgan fingerprint density at radius 3 is 2.89 bits per heavy atom. The highest BCUT2D eigenvalue weighted by molar-refractivity contribution is 7.12. The molecule has 0 radical (unpaired) electrons. The Balaban J connectivity index is 1.93. The van der Waals surface area contributed by atoms with Crippen LogP contribution in [0.15, 0.2) is 17.7 Å². The summed E-state index contributed by atoms with van der Waals surface area (Å²) in [6.45, 7) is 6.83. The Kier molecular flexibility index (Phi) is 4.95. The number of nitrogens with two attached hydrogens (primary N) is 1. The summed E-state index contributed by atoms with van der Waals surface area (Å²) >= 11 is 1.82. The third-order valence-electron chi connectivity index (χ3n) is 3.38. The third kappa shape index (κ3) is 3.42. The lowest BCUT2D eigenvalue weighted by atomic mass is 10.1. The van der Waals surface area contributed by atoms with Crippen LogP contribution in [-0.2, 0) is 17.8 Å². The first-order valence-electron chi connectivity index (χ1n) is 6.40.